The number of aliphatic hydroxyl groups is 1. The zero-order chi connectivity index (χ0) is 16.9. The van der Waals surface area contributed by atoms with Crippen molar-refractivity contribution < 1.29 is 21.9 Å². The molecule has 0 saturated carbocycles. The van der Waals surface area contributed by atoms with Gasteiger partial charge in [0.15, 0.2) is 19.7 Å². The quantitative estimate of drug-likeness (QED) is 0.870. The lowest BCUT2D eigenvalue weighted by atomic mass is 9.87. The van der Waals surface area contributed by atoms with Crippen LogP contribution in [0.5, 0.6) is 0 Å². The Kier molecular flexibility index (Phi) is 4.21. The number of sulfone groups is 2. The summed E-state index contributed by atoms with van der Waals surface area (Å²) in [5.41, 5.74) is 1.19. The largest absolute Gasteiger partial charge is 0.391 e. The van der Waals surface area contributed by atoms with Crippen LogP contribution in [-0.4, -0.2) is 44.8 Å². The highest BCUT2D eigenvalue weighted by Crippen LogP contribution is 2.31. The van der Waals surface area contributed by atoms with Gasteiger partial charge in [-0.1, -0.05) is 32.9 Å². The van der Waals surface area contributed by atoms with Crippen molar-refractivity contribution in [2.45, 2.75) is 49.4 Å². The van der Waals surface area contributed by atoms with Gasteiger partial charge in [-0.25, -0.2) is 16.8 Å². The summed E-state index contributed by atoms with van der Waals surface area (Å²) in [6.07, 6.45) is -1.37. The maximum atomic E-state index is 12.8. The Bertz CT molecular complexity index is 786. The molecule has 1 heterocycles. The molecule has 0 spiro atoms. The van der Waals surface area contributed by atoms with Crippen LogP contribution in [0, 0.1) is 6.92 Å². The Morgan fingerprint density at radius 2 is 1.77 bits per heavy atom. The minimum atomic E-state index is -3.90. The van der Waals surface area contributed by atoms with Crippen molar-refractivity contribution in [3.63, 3.8) is 0 Å². The van der Waals surface area contributed by atoms with Gasteiger partial charge in [0.25, 0.3) is 0 Å². The zero-order valence-electron chi connectivity index (χ0n) is 13.2. The van der Waals surface area contributed by atoms with E-state index in [9.17, 15) is 21.9 Å². The standard InChI is InChI=1S/C15H22O5S2/c1-10-5-6-11(15(2,3)4)7-13(10)22(19,20)14-9-21(17,18)8-12(14)16/h5-7,12,14,16H,8-9H2,1-4H3/t12-,14-/m0/s1. The number of hydrogen-bond acceptors (Lipinski definition) is 5. The fraction of sp³-hybridized carbons (Fsp3) is 0.600. The highest BCUT2D eigenvalue weighted by atomic mass is 32.2. The Balaban J connectivity index is 2.55. The van der Waals surface area contributed by atoms with Crippen LogP contribution >= 0.6 is 0 Å². The number of hydrogen-bond donors (Lipinski definition) is 1. The van der Waals surface area contributed by atoms with E-state index in [2.05, 4.69) is 0 Å². The molecular formula is C15H22O5S2. The molecular weight excluding hydrogens is 324 g/mol. The molecule has 0 aromatic heterocycles. The number of aryl methyl sites for hydroxylation is 1. The summed E-state index contributed by atoms with van der Waals surface area (Å²) in [5.74, 6) is -1.01. The van der Waals surface area contributed by atoms with E-state index in [1.54, 1.807) is 19.1 Å². The summed E-state index contributed by atoms with van der Waals surface area (Å²) in [6, 6.07) is 5.20. The van der Waals surface area contributed by atoms with E-state index in [1.165, 1.54) is 0 Å². The molecule has 0 unspecified atom stereocenters. The van der Waals surface area contributed by atoms with E-state index in [0.717, 1.165) is 5.56 Å². The summed E-state index contributed by atoms with van der Waals surface area (Å²) in [5, 5.41) is 8.60. The van der Waals surface area contributed by atoms with E-state index in [4.69, 9.17) is 0 Å². The van der Waals surface area contributed by atoms with Gasteiger partial charge in [-0.15, -0.1) is 0 Å². The SMILES string of the molecule is Cc1ccc(C(C)(C)C)cc1S(=O)(=O)[C@H]1CS(=O)(=O)C[C@@H]1O. The molecule has 1 aromatic rings. The van der Waals surface area contributed by atoms with E-state index in [0.29, 0.717) is 5.56 Å². The Labute approximate surface area is 132 Å². The predicted molar refractivity (Wildman–Crippen MR) is 85.5 cm³/mol. The molecule has 1 aromatic carbocycles. The topological polar surface area (TPSA) is 88.5 Å². The summed E-state index contributed by atoms with van der Waals surface area (Å²) in [4.78, 5) is 0.112. The van der Waals surface area contributed by atoms with Crippen molar-refractivity contribution in [3.8, 4) is 0 Å². The molecule has 124 valence electrons. The number of benzene rings is 1. The van der Waals surface area contributed by atoms with Gasteiger partial charge in [-0.2, -0.15) is 0 Å². The molecule has 0 amide bonds. The third-order valence-corrected chi connectivity index (χ3v) is 8.29. The molecule has 5 nitrogen and oxygen atoms in total. The van der Waals surface area contributed by atoms with Gasteiger partial charge in [0, 0.05) is 0 Å². The monoisotopic (exact) mass is 346 g/mol. The van der Waals surface area contributed by atoms with Crippen molar-refractivity contribution in [2.24, 2.45) is 0 Å². The Hall–Kier alpha value is -0.920. The predicted octanol–water partition coefficient (Wildman–Crippen LogP) is 1.22. The lowest BCUT2D eigenvalue weighted by Crippen LogP contribution is -2.33. The van der Waals surface area contributed by atoms with Crippen LogP contribution in [0.4, 0.5) is 0 Å². The van der Waals surface area contributed by atoms with Crippen molar-refractivity contribution in [1.82, 2.24) is 0 Å². The second kappa shape index (κ2) is 5.32. The molecule has 1 saturated heterocycles. The van der Waals surface area contributed by atoms with Crippen LogP contribution in [0.1, 0.15) is 31.9 Å². The maximum Gasteiger partial charge on any atom is 0.185 e. The average molecular weight is 346 g/mol. The normalized spacial score (nSPS) is 25.3. The minimum absolute atomic E-state index is 0.112. The van der Waals surface area contributed by atoms with Crippen molar-refractivity contribution in [2.75, 3.05) is 11.5 Å². The third-order valence-electron chi connectivity index (χ3n) is 4.03. The van der Waals surface area contributed by atoms with Crippen LogP contribution in [0.25, 0.3) is 0 Å². The summed E-state index contributed by atoms with van der Waals surface area (Å²) in [6.45, 7) is 7.60. The van der Waals surface area contributed by atoms with Gasteiger partial charge in [-0.05, 0) is 29.5 Å². The van der Waals surface area contributed by atoms with Crippen LogP contribution in [0.2, 0.25) is 0 Å². The molecule has 0 radical (unpaired) electrons. The van der Waals surface area contributed by atoms with Crippen molar-refractivity contribution in [1.29, 1.82) is 0 Å². The lowest BCUT2D eigenvalue weighted by molar-refractivity contribution is 0.204. The van der Waals surface area contributed by atoms with Crippen LogP contribution in [-0.2, 0) is 25.1 Å². The van der Waals surface area contributed by atoms with Crippen LogP contribution < -0.4 is 0 Å². The smallest absolute Gasteiger partial charge is 0.185 e. The van der Waals surface area contributed by atoms with Gasteiger partial charge in [0.1, 0.15) is 5.25 Å². The molecule has 22 heavy (non-hydrogen) atoms. The fourth-order valence-electron chi connectivity index (χ4n) is 2.63. The summed E-state index contributed by atoms with van der Waals surface area (Å²) >= 11 is 0. The first-order valence-electron chi connectivity index (χ1n) is 7.08. The third kappa shape index (κ3) is 3.21. The molecule has 1 aliphatic heterocycles. The van der Waals surface area contributed by atoms with Crippen LogP contribution in [0.15, 0.2) is 23.1 Å². The molecule has 0 aliphatic carbocycles. The highest BCUT2D eigenvalue weighted by Gasteiger charge is 2.45. The second-order valence-corrected chi connectivity index (χ2v) is 11.2. The fourth-order valence-corrected chi connectivity index (χ4v) is 7.35. The molecule has 0 bridgehead atoms. The minimum Gasteiger partial charge on any atom is -0.391 e. The molecule has 1 fully saturated rings. The summed E-state index contributed by atoms with van der Waals surface area (Å²) < 4.78 is 48.8. The van der Waals surface area contributed by atoms with Crippen LogP contribution in [0.3, 0.4) is 0 Å². The van der Waals surface area contributed by atoms with Gasteiger partial charge in [0.2, 0.25) is 0 Å². The highest BCUT2D eigenvalue weighted by molar-refractivity contribution is 7.96. The Morgan fingerprint density at radius 1 is 1.18 bits per heavy atom. The first-order chi connectivity index (χ1) is 9.84. The molecule has 1 aliphatic rings. The van der Waals surface area contributed by atoms with Gasteiger partial charge < -0.3 is 5.11 Å². The van der Waals surface area contributed by atoms with E-state index >= 15 is 0 Å². The van der Waals surface area contributed by atoms with Crippen molar-refractivity contribution >= 4 is 19.7 Å². The molecule has 2 atom stereocenters. The van der Waals surface area contributed by atoms with Gasteiger partial charge >= 0.3 is 0 Å². The number of aliphatic hydroxyl groups excluding tert-OH is 1. The van der Waals surface area contributed by atoms with E-state index < -0.39 is 42.5 Å². The lowest BCUT2D eigenvalue weighted by Gasteiger charge is -2.22. The maximum absolute atomic E-state index is 12.8. The molecule has 2 rings (SSSR count). The van der Waals surface area contributed by atoms with E-state index in [1.807, 2.05) is 26.8 Å². The average Bonchev–Trinajstić information content (AvgIpc) is 2.62. The van der Waals surface area contributed by atoms with Crippen molar-refractivity contribution in [3.05, 3.63) is 29.3 Å². The number of rotatable bonds is 2. The zero-order valence-corrected chi connectivity index (χ0v) is 14.8. The van der Waals surface area contributed by atoms with Gasteiger partial charge in [0.05, 0.1) is 22.5 Å². The first-order valence-corrected chi connectivity index (χ1v) is 10.4. The van der Waals surface area contributed by atoms with E-state index in [-0.39, 0.29) is 10.3 Å². The summed E-state index contributed by atoms with van der Waals surface area (Å²) in [7, 11) is -7.42. The second-order valence-electron chi connectivity index (χ2n) is 6.96. The molecule has 7 heteroatoms. The van der Waals surface area contributed by atoms with Gasteiger partial charge in [-0.3, -0.25) is 0 Å². The first kappa shape index (κ1) is 17.4. The molecule has 1 N–H and O–H groups in total. The Morgan fingerprint density at radius 3 is 2.23 bits per heavy atom.